The Kier molecular flexibility index (Phi) is 3.70. The fourth-order valence-electron chi connectivity index (χ4n) is 1.31. The molecule has 0 fully saturated rings. The number of hydrogen-bond donors (Lipinski definition) is 0. The maximum Gasteiger partial charge on any atom is 0.286 e. The minimum atomic E-state index is -0.237. The minimum absolute atomic E-state index is 0.237. The first kappa shape index (κ1) is 12.8. The monoisotopic (exact) mass is 376 g/mol. The Balaban J connectivity index is 2.65. The standard InChI is InChI=1S/C11H7Br2ClN2O/c1-6-2-3-7(4-9(6)14)16-11(17)10(13)8(12)5-15-16/h2-5H,1H3. The molecule has 0 saturated carbocycles. The number of aryl methyl sites for hydroxylation is 1. The van der Waals surface area contributed by atoms with Crippen LogP contribution in [0.5, 0.6) is 0 Å². The van der Waals surface area contributed by atoms with Gasteiger partial charge in [-0.25, -0.2) is 0 Å². The molecule has 1 aromatic heterocycles. The maximum atomic E-state index is 12.0. The Hall–Kier alpha value is -0.650. The molecule has 6 heteroatoms. The van der Waals surface area contributed by atoms with Gasteiger partial charge in [0.25, 0.3) is 5.56 Å². The summed E-state index contributed by atoms with van der Waals surface area (Å²) in [6.07, 6.45) is 1.55. The molecule has 1 aromatic carbocycles. The van der Waals surface area contributed by atoms with Crippen molar-refractivity contribution in [2.24, 2.45) is 0 Å². The number of aromatic nitrogens is 2. The largest absolute Gasteiger partial charge is 0.286 e. The fraction of sp³-hybridized carbons (Fsp3) is 0.0909. The lowest BCUT2D eigenvalue weighted by Crippen LogP contribution is -2.21. The SMILES string of the molecule is Cc1ccc(-n2ncc(Br)c(Br)c2=O)cc1Cl. The molecule has 0 aliphatic carbocycles. The zero-order valence-electron chi connectivity index (χ0n) is 8.75. The number of rotatable bonds is 1. The van der Waals surface area contributed by atoms with E-state index in [1.807, 2.05) is 13.0 Å². The van der Waals surface area contributed by atoms with Crippen molar-refractivity contribution in [2.75, 3.05) is 0 Å². The van der Waals surface area contributed by atoms with Gasteiger partial charge in [-0.1, -0.05) is 17.7 Å². The van der Waals surface area contributed by atoms with Crippen molar-refractivity contribution in [2.45, 2.75) is 6.92 Å². The second kappa shape index (κ2) is 4.92. The first-order chi connectivity index (χ1) is 8.00. The van der Waals surface area contributed by atoms with Gasteiger partial charge in [0, 0.05) is 5.02 Å². The lowest BCUT2D eigenvalue weighted by atomic mass is 10.2. The first-order valence-corrected chi connectivity index (χ1v) is 6.67. The van der Waals surface area contributed by atoms with Crippen LogP contribution in [0.1, 0.15) is 5.56 Å². The van der Waals surface area contributed by atoms with Gasteiger partial charge in [-0.15, -0.1) is 0 Å². The quantitative estimate of drug-likeness (QED) is 0.758. The van der Waals surface area contributed by atoms with Crippen LogP contribution >= 0.6 is 43.5 Å². The van der Waals surface area contributed by atoms with Gasteiger partial charge in [0.2, 0.25) is 0 Å². The molecule has 2 aromatic rings. The third-order valence-corrected chi connectivity index (χ3v) is 4.58. The molecule has 0 amide bonds. The summed E-state index contributed by atoms with van der Waals surface area (Å²) >= 11 is 12.5. The molecule has 0 saturated heterocycles. The molecule has 0 aliphatic rings. The predicted octanol–water partition coefficient (Wildman–Crippen LogP) is 3.72. The Morgan fingerprint density at radius 1 is 1.35 bits per heavy atom. The van der Waals surface area contributed by atoms with Crippen molar-refractivity contribution >= 4 is 43.5 Å². The Labute approximate surface area is 120 Å². The lowest BCUT2D eigenvalue weighted by molar-refractivity contribution is 0.796. The van der Waals surface area contributed by atoms with Gasteiger partial charge >= 0.3 is 0 Å². The van der Waals surface area contributed by atoms with Crippen LogP contribution in [-0.2, 0) is 0 Å². The molecule has 0 unspecified atom stereocenters. The van der Waals surface area contributed by atoms with Crippen LogP contribution in [0.15, 0.2) is 38.1 Å². The number of nitrogens with zero attached hydrogens (tertiary/aromatic N) is 2. The Bertz CT molecular complexity index is 640. The summed E-state index contributed by atoms with van der Waals surface area (Å²) in [4.78, 5) is 12.0. The van der Waals surface area contributed by atoms with Gasteiger partial charge in [0.05, 0.1) is 16.4 Å². The van der Waals surface area contributed by atoms with Crippen LogP contribution in [0.4, 0.5) is 0 Å². The Morgan fingerprint density at radius 2 is 2.06 bits per heavy atom. The molecule has 88 valence electrons. The molecule has 0 spiro atoms. The average molecular weight is 378 g/mol. The van der Waals surface area contributed by atoms with E-state index in [0.29, 0.717) is 19.7 Å². The van der Waals surface area contributed by atoms with E-state index < -0.39 is 0 Å². The summed E-state index contributed by atoms with van der Waals surface area (Å²) in [5.74, 6) is 0. The molecule has 0 N–H and O–H groups in total. The second-order valence-electron chi connectivity index (χ2n) is 3.46. The highest BCUT2D eigenvalue weighted by molar-refractivity contribution is 9.13. The van der Waals surface area contributed by atoms with E-state index in [1.54, 1.807) is 18.3 Å². The van der Waals surface area contributed by atoms with Crippen molar-refractivity contribution in [1.29, 1.82) is 0 Å². The summed E-state index contributed by atoms with van der Waals surface area (Å²) in [6, 6.07) is 5.36. The van der Waals surface area contributed by atoms with Crippen LogP contribution < -0.4 is 5.56 Å². The molecular weight excluding hydrogens is 371 g/mol. The molecule has 1 heterocycles. The summed E-state index contributed by atoms with van der Waals surface area (Å²) < 4.78 is 2.35. The van der Waals surface area contributed by atoms with Crippen molar-refractivity contribution in [3.05, 3.63) is 54.3 Å². The Morgan fingerprint density at radius 3 is 2.71 bits per heavy atom. The predicted molar refractivity (Wildman–Crippen MR) is 75.0 cm³/mol. The van der Waals surface area contributed by atoms with Gasteiger partial charge in [-0.3, -0.25) is 4.79 Å². The van der Waals surface area contributed by atoms with E-state index in [-0.39, 0.29) is 5.56 Å². The number of benzene rings is 1. The maximum absolute atomic E-state index is 12.0. The van der Waals surface area contributed by atoms with Crippen LogP contribution in [0.3, 0.4) is 0 Å². The third kappa shape index (κ3) is 2.46. The van der Waals surface area contributed by atoms with Crippen LogP contribution in [0.25, 0.3) is 5.69 Å². The molecule has 2 rings (SSSR count). The van der Waals surface area contributed by atoms with Crippen molar-refractivity contribution < 1.29 is 0 Å². The molecular formula is C11H7Br2ClN2O. The van der Waals surface area contributed by atoms with Crippen LogP contribution in [-0.4, -0.2) is 9.78 Å². The topological polar surface area (TPSA) is 34.9 Å². The number of halogens is 3. The molecule has 3 nitrogen and oxygen atoms in total. The van der Waals surface area contributed by atoms with Gasteiger partial charge in [0.1, 0.15) is 4.47 Å². The van der Waals surface area contributed by atoms with E-state index in [1.165, 1.54) is 4.68 Å². The second-order valence-corrected chi connectivity index (χ2v) is 5.51. The summed E-state index contributed by atoms with van der Waals surface area (Å²) in [6.45, 7) is 1.90. The molecule has 0 radical (unpaired) electrons. The van der Waals surface area contributed by atoms with E-state index in [9.17, 15) is 4.79 Å². The normalized spacial score (nSPS) is 10.6. The van der Waals surface area contributed by atoms with E-state index in [2.05, 4.69) is 37.0 Å². The molecule has 0 aliphatic heterocycles. The third-order valence-electron chi connectivity index (χ3n) is 2.28. The smallest absolute Gasteiger partial charge is 0.266 e. The summed E-state index contributed by atoms with van der Waals surface area (Å²) in [5, 5.41) is 4.66. The lowest BCUT2D eigenvalue weighted by Gasteiger charge is -2.07. The van der Waals surface area contributed by atoms with E-state index >= 15 is 0 Å². The van der Waals surface area contributed by atoms with Crippen molar-refractivity contribution in [3.63, 3.8) is 0 Å². The molecule has 0 bridgehead atoms. The fourth-order valence-corrected chi connectivity index (χ4v) is 2.02. The van der Waals surface area contributed by atoms with Gasteiger partial charge in [-0.2, -0.15) is 9.78 Å². The zero-order valence-corrected chi connectivity index (χ0v) is 12.7. The van der Waals surface area contributed by atoms with Gasteiger partial charge in [0.15, 0.2) is 0 Å². The van der Waals surface area contributed by atoms with Gasteiger partial charge in [-0.05, 0) is 56.5 Å². The van der Waals surface area contributed by atoms with Gasteiger partial charge < -0.3 is 0 Å². The molecule has 0 atom stereocenters. The summed E-state index contributed by atoms with van der Waals surface area (Å²) in [5.41, 5.74) is 1.36. The average Bonchev–Trinajstić information content (AvgIpc) is 2.30. The zero-order chi connectivity index (χ0) is 12.6. The van der Waals surface area contributed by atoms with Crippen molar-refractivity contribution in [3.8, 4) is 5.69 Å². The van der Waals surface area contributed by atoms with Crippen LogP contribution in [0, 0.1) is 6.92 Å². The van der Waals surface area contributed by atoms with E-state index in [4.69, 9.17) is 11.6 Å². The number of hydrogen-bond acceptors (Lipinski definition) is 2. The van der Waals surface area contributed by atoms with Crippen molar-refractivity contribution in [1.82, 2.24) is 9.78 Å². The minimum Gasteiger partial charge on any atom is -0.266 e. The van der Waals surface area contributed by atoms with Crippen LogP contribution in [0.2, 0.25) is 5.02 Å². The first-order valence-electron chi connectivity index (χ1n) is 4.70. The molecule has 17 heavy (non-hydrogen) atoms. The summed E-state index contributed by atoms with van der Waals surface area (Å²) in [7, 11) is 0. The van der Waals surface area contributed by atoms with E-state index in [0.717, 1.165) is 5.56 Å². The highest BCUT2D eigenvalue weighted by atomic mass is 79.9. The highest BCUT2D eigenvalue weighted by Crippen LogP contribution is 2.20. The highest BCUT2D eigenvalue weighted by Gasteiger charge is 2.09.